The second-order valence-electron chi connectivity index (χ2n) is 1.62. The minimum Gasteiger partial charge on any atom is -0.462 e. The van der Waals surface area contributed by atoms with E-state index in [0.717, 1.165) is 0 Å². The molecule has 0 rings (SSSR count). The number of hydrogen-bond acceptors (Lipinski definition) is 4. The maximum Gasteiger partial charge on any atom is 0.351 e. The van der Waals surface area contributed by atoms with Crippen LogP contribution in [0.1, 0.15) is 6.92 Å². The van der Waals surface area contributed by atoms with E-state index >= 15 is 0 Å². The van der Waals surface area contributed by atoms with Crippen LogP contribution in [0.5, 0.6) is 0 Å². The molecular weight excluding hydrogens is 172 g/mol. The van der Waals surface area contributed by atoms with E-state index in [9.17, 15) is 13.2 Å². The topological polar surface area (TPSA) is 80.7 Å². The standard InChI is InChI=1S/C5H8O5S/c1-3-10-5(6)4(2)11(7,8)9/h2-3H2,1H3,(H,7,8,9). The van der Waals surface area contributed by atoms with Crippen LogP contribution in [0, 0.1) is 0 Å². The summed E-state index contributed by atoms with van der Waals surface area (Å²) in [5, 5.41) is 0. The number of rotatable bonds is 3. The Labute approximate surface area is 64.4 Å². The summed E-state index contributed by atoms with van der Waals surface area (Å²) in [5.74, 6) is -1.13. The van der Waals surface area contributed by atoms with Crippen molar-refractivity contribution in [1.82, 2.24) is 0 Å². The van der Waals surface area contributed by atoms with Crippen molar-refractivity contribution in [1.29, 1.82) is 0 Å². The van der Waals surface area contributed by atoms with E-state index in [4.69, 9.17) is 4.55 Å². The van der Waals surface area contributed by atoms with Crippen LogP contribution < -0.4 is 0 Å². The molecule has 0 aliphatic rings. The lowest BCUT2D eigenvalue weighted by Gasteiger charge is -2.00. The monoisotopic (exact) mass is 180 g/mol. The lowest BCUT2D eigenvalue weighted by Crippen LogP contribution is -2.14. The van der Waals surface area contributed by atoms with Crippen LogP contribution in [0.4, 0.5) is 0 Å². The Hall–Kier alpha value is -0.880. The van der Waals surface area contributed by atoms with Crippen LogP contribution in [0.15, 0.2) is 11.5 Å². The Bertz CT molecular complexity index is 263. The van der Waals surface area contributed by atoms with Crippen LogP contribution in [-0.2, 0) is 19.6 Å². The summed E-state index contributed by atoms with van der Waals surface area (Å²) < 4.78 is 32.9. The molecule has 0 fully saturated rings. The van der Waals surface area contributed by atoms with Crippen molar-refractivity contribution in [2.24, 2.45) is 0 Å². The van der Waals surface area contributed by atoms with Gasteiger partial charge in [0.05, 0.1) is 6.61 Å². The molecular formula is C5H8O5S. The van der Waals surface area contributed by atoms with Gasteiger partial charge in [-0.25, -0.2) is 4.79 Å². The first-order chi connectivity index (χ1) is 4.89. The second kappa shape index (κ2) is 3.49. The summed E-state index contributed by atoms with van der Waals surface area (Å²) in [6.45, 7) is 4.38. The van der Waals surface area contributed by atoms with E-state index in [1.54, 1.807) is 0 Å². The highest BCUT2D eigenvalue weighted by Crippen LogP contribution is 2.02. The maximum atomic E-state index is 10.5. The molecule has 0 radical (unpaired) electrons. The van der Waals surface area contributed by atoms with Crippen molar-refractivity contribution >= 4 is 16.1 Å². The van der Waals surface area contributed by atoms with Crippen molar-refractivity contribution in [3.8, 4) is 0 Å². The van der Waals surface area contributed by atoms with E-state index in [1.807, 2.05) is 0 Å². The first-order valence-corrected chi connectivity index (χ1v) is 4.17. The zero-order valence-electron chi connectivity index (χ0n) is 5.90. The molecule has 1 N–H and O–H groups in total. The lowest BCUT2D eigenvalue weighted by atomic mass is 10.6. The fourth-order valence-electron chi connectivity index (χ4n) is 0.317. The molecule has 0 aliphatic heterocycles. The van der Waals surface area contributed by atoms with E-state index in [-0.39, 0.29) is 6.61 Å². The fourth-order valence-corrected chi connectivity index (χ4v) is 0.586. The molecule has 64 valence electrons. The first-order valence-electron chi connectivity index (χ1n) is 2.73. The normalized spacial score (nSPS) is 10.7. The van der Waals surface area contributed by atoms with E-state index in [0.29, 0.717) is 0 Å². The predicted octanol–water partition coefficient (Wildman–Crippen LogP) is -0.0490. The van der Waals surface area contributed by atoms with E-state index < -0.39 is 21.0 Å². The van der Waals surface area contributed by atoms with Crippen molar-refractivity contribution < 1.29 is 22.5 Å². The van der Waals surface area contributed by atoms with Crippen molar-refractivity contribution in [3.63, 3.8) is 0 Å². The smallest absolute Gasteiger partial charge is 0.351 e. The highest BCUT2D eigenvalue weighted by Gasteiger charge is 2.20. The van der Waals surface area contributed by atoms with Gasteiger partial charge in [-0.2, -0.15) is 8.42 Å². The zero-order chi connectivity index (χ0) is 9.07. The third-order valence-electron chi connectivity index (χ3n) is 0.814. The number of hydrogen-bond donors (Lipinski definition) is 1. The number of ether oxygens (including phenoxy) is 1. The minimum absolute atomic E-state index is 0.0351. The van der Waals surface area contributed by atoms with Gasteiger partial charge in [-0.3, -0.25) is 4.55 Å². The second-order valence-corrected chi connectivity index (χ2v) is 3.06. The maximum absolute atomic E-state index is 10.5. The van der Waals surface area contributed by atoms with E-state index in [2.05, 4.69) is 11.3 Å². The van der Waals surface area contributed by atoms with Gasteiger partial charge < -0.3 is 4.74 Å². The van der Waals surface area contributed by atoms with Crippen LogP contribution >= 0.6 is 0 Å². The number of carbonyl (C=O) groups is 1. The van der Waals surface area contributed by atoms with Gasteiger partial charge in [0.25, 0.3) is 0 Å². The van der Waals surface area contributed by atoms with Crippen molar-refractivity contribution in [3.05, 3.63) is 11.5 Å². The van der Waals surface area contributed by atoms with Gasteiger partial charge in [-0.15, -0.1) is 0 Å². The highest BCUT2D eigenvalue weighted by molar-refractivity contribution is 7.90. The average molecular weight is 180 g/mol. The number of carbonyl (C=O) groups excluding carboxylic acids is 1. The van der Waals surface area contributed by atoms with Gasteiger partial charge in [0.15, 0.2) is 4.91 Å². The molecule has 0 heterocycles. The molecule has 0 saturated heterocycles. The van der Waals surface area contributed by atoms with Crippen LogP contribution in [0.2, 0.25) is 0 Å². The van der Waals surface area contributed by atoms with E-state index in [1.165, 1.54) is 6.92 Å². The summed E-state index contributed by atoms with van der Waals surface area (Å²) in [5.41, 5.74) is 0. The van der Waals surface area contributed by atoms with Gasteiger partial charge >= 0.3 is 16.1 Å². The van der Waals surface area contributed by atoms with Crippen LogP contribution in [0.25, 0.3) is 0 Å². The Morgan fingerprint density at radius 1 is 1.64 bits per heavy atom. The lowest BCUT2D eigenvalue weighted by molar-refractivity contribution is -0.137. The molecule has 0 unspecified atom stereocenters. The Balaban J connectivity index is 4.41. The molecule has 0 aliphatic carbocycles. The Kier molecular flexibility index (Phi) is 3.21. The summed E-state index contributed by atoms with van der Waals surface area (Å²) in [7, 11) is -4.49. The molecule has 0 aromatic carbocycles. The Morgan fingerprint density at radius 2 is 2.09 bits per heavy atom. The summed E-state index contributed by atoms with van der Waals surface area (Å²) in [6, 6.07) is 0. The third kappa shape index (κ3) is 3.15. The summed E-state index contributed by atoms with van der Waals surface area (Å²) >= 11 is 0. The highest BCUT2D eigenvalue weighted by atomic mass is 32.2. The zero-order valence-corrected chi connectivity index (χ0v) is 6.72. The summed E-state index contributed by atoms with van der Waals surface area (Å²) in [4.78, 5) is 9.58. The van der Waals surface area contributed by atoms with Crippen LogP contribution in [-0.4, -0.2) is 25.5 Å². The van der Waals surface area contributed by atoms with Crippen molar-refractivity contribution in [2.45, 2.75) is 6.92 Å². The largest absolute Gasteiger partial charge is 0.462 e. The quantitative estimate of drug-likeness (QED) is 0.374. The van der Waals surface area contributed by atoms with Crippen LogP contribution in [0.3, 0.4) is 0 Å². The summed E-state index contributed by atoms with van der Waals surface area (Å²) in [6.07, 6.45) is 0. The molecule has 11 heavy (non-hydrogen) atoms. The molecule has 0 amide bonds. The van der Waals surface area contributed by atoms with Crippen molar-refractivity contribution in [2.75, 3.05) is 6.61 Å². The van der Waals surface area contributed by atoms with Gasteiger partial charge in [0.1, 0.15) is 0 Å². The molecule has 0 spiro atoms. The minimum atomic E-state index is -4.49. The molecule has 0 bridgehead atoms. The number of esters is 1. The molecule has 0 atom stereocenters. The molecule has 0 aromatic heterocycles. The fraction of sp³-hybridized carbons (Fsp3) is 0.400. The van der Waals surface area contributed by atoms with Gasteiger partial charge in [-0.1, -0.05) is 6.58 Å². The molecule has 0 saturated carbocycles. The molecule has 0 aromatic rings. The average Bonchev–Trinajstić information content (AvgIpc) is 1.85. The van der Waals surface area contributed by atoms with Gasteiger partial charge in [0.2, 0.25) is 0 Å². The SMILES string of the molecule is C=C(C(=O)OCC)S(=O)(=O)O. The first kappa shape index (κ1) is 10.1. The molecule has 6 heteroatoms. The Morgan fingerprint density at radius 3 is 2.36 bits per heavy atom. The van der Waals surface area contributed by atoms with Gasteiger partial charge in [0, 0.05) is 0 Å². The predicted molar refractivity (Wildman–Crippen MR) is 37.3 cm³/mol. The molecule has 5 nitrogen and oxygen atoms in total. The third-order valence-corrected chi connectivity index (χ3v) is 1.60. The van der Waals surface area contributed by atoms with Gasteiger partial charge in [-0.05, 0) is 6.92 Å².